The monoisotopic (exact) mass is 285 g/mol. The Morgan fingerprint density at radius 3 is 2.20 bits per heavy atom. The number of benzene rings is 1. The summed E-state index contributed by atoms with van der Waals surface area (Å²) in [5.41, 5.74) is 0.197. The molecule has 1 aliphatic carbocycles. The van der Waals surface area contributed by atoms with Crippen LogP contribution in [0.2, 0.25) is 0 Å². The molecule has 0 amide bonds. The second-order valence-corrected chi connectivity index (χ2v) is 6.02. The van der Waals surface area contributed by atoms with Gasteiger partial charge in [-0.1, -0.05) is 26.7 Å². The van der Waals surface area contributed by atoms with Crippen molar-refractivity contribution in [2.24, 2.45) is 11.8 Å². The molecule has 20 heavy (non-hydrogen) atoms. The molecule has 112 valence electrons. The van der Waals surface area contributed by atoms with Crippen molar-refractivity contribution in [3.63, 3.8) is 0 Å². The zero-order valence-electron chi connectivity index (χ0n) is 12.0. The van der Waals surface area contributed by atoms with E-state index >= 15 is 0 Å². The van der Waals surface area contributed by atoms with Crippen LogP contribution >= 0.6 is 0 Å². The average molecular weight is 285 g/mol. The van der Waals surface area contributed by atoms with Crippen molar-refractivity contribution in [2.75, 3.05) is 5.32 Å². The number of anilines is 1. The van der Waals surface area contributed by atoms with E-state index in [9.17, 15) is 13.2 Å². The van der Waals surface area contributed by atoms with Crippen molar-refractivity contribution in [2.45, 2.75) is 51.7 Å². The molecular formula is C16H22F3N. The normalized spacial score (nSPS) is 23.9. The molecule has 2 atom stereocenters. The number of rotatable bonds is 3. The quantitative estimate of drug-likeness (QED) is 0.791. The van der Waals surface area contributed by atoms with Gasteiger partial charge in [-0.25, -0.2) is 0 Å². The number of halogens is 3. The lowest BCUT2D eigenvalue weighted by Crippen LogP contribution is -2.35. The van der Waals surface area contributed by atoms with Crippen LogP contribution < -0.4 is 5.32 Å². The van der Waals surface area contributed by atoms with Crippen LogP contribution in [0.15, 0.2) is 24.3 Å². The summed E-state index contributed by atoms with van der Waals surface area (Å²) in [4.78, 5) is 0. The number of hydrogen-bond acceptors (Lipinski definition) is 1. The van der Waals surface area contributed by atoms with E-state index in [2.05, 4.69) is 19.2 Å². The Bertz CT molecular complexity index is 422. The Kier molecular flexibility index (Phi) is 4.61. The summed E-state index contributed by atoms with van der Waals surface area (Å²) >= 11 is 0. The number of alkyl halides is 3. The van der Waals surface area contributed by atoms with Gasteiger partial charge in [-0.05, 0) is 48.9 Å². The van der Waals surface area contributed by atoms with Crippen molar-refractivity contribution < 1.29 is 13.2 Å². The molecule has 1 nitrogen and oxygen atoms in total. The smallest absolute Gasteiger partial charge is 0.382 e. The number of hydrogen-bond donors (Lipinski definition) is 1. The van der Waals surface area contributed by atoms with Crippen molar-refractivity contribution in [3.05, 3.63) is 29.8 Å². The Hall–Kier alpha value is -1.19. The molecule has 2 unspecified atom stereocenters. The highest BCUT2D eigenvalue weighted by Crippen LogP contribution is 2.33. The maximum atomic E-state index is 12.5. The Morgan fingerprint density at radius 2 is 1.65 bits per heavy atom. The molecule has 1 aromatic carbocycles. The molecule has 0 heterocycles. The highest BCUT2D eigenvalue weighted by Gasteiger charge is 2.30. The average Bonchev–Trinajstić information content (AvgIpc) is 2.38. The molecule has 1 N–H and O–H groups in total. The minimum atomic E-state index is -4.26. The zero-order chi connectivity index (χ0) is 14.8. The molecule has 0 bridgehead atoms. The summed E-state index contributed by atoms with van der Waals surface area (Å²) in [5, 5.41) is 3.42. The molecule has 0 spiro atoms. The first-order valence-electron chi connectivity index (χ1n) is 7.31. The summed E-state index contributed by atoms with van der Waals surface area (Å²) in [5.74, 6) is 1.20. The topological polar surface area (TPSA) is 12.0 Å². The molecular weight excluding hydrogens is 263 g/mol. The van der Waals surface area contributed by atoms with Crippen LogP contribution in [-0.2, 0) is 6.18 Å². The van der Waals surface area contributed by atoms with E-state index in [4.69, 9.17) is 0 Å². The summed E-state index contributed by atoms with van der Waals surface area (Å²) in [7, 11) is 0. The lowest BCUT2D eigenvalue weighted by Gasteiger charge is -2.35. The van der Waals surface area contributed by atoms with Gasteiger partial charge in [0.15, 0.2) is 0 Å². The standard InChI is InChI=1S/C16H22F3N/c1-11(2)14-5-3-4-6-15(14)20-13-9-7-12(8-10-13)16(17,18)19/h7-11,14-15,20H,3-6H2,1-2H3. The van der Waals surface area contributed by atoms with Crippen LogP contribution in [0.1, 0.15) is 45.1 Å². The largest absolute Gasteiger partial charge is 0.416 e. The van der Waals surface area contributed by atoms with Crippen molar-refractivity contribution >= 4 is 5.69 Å². The first-order chi connectivity index (χ1) is 9.38. The Morgan fingerprint density at radius 1 is 1.05 bits per heavy atom. The van der Waals surface area contributed by atoms with Crippen LogP contribution in [0.5, 0.6) is 0 Å². The molecule has 0 radical (unpaired) electrons. The van der Waals surface area contributed by atoms with Crippen molar-refractivity contribution in [1.82, 2.24) is 0 Å². The SMILES string of the molecule is CC(C)C1CCCCC1Nc1ccc(C(F)(F)F)cc1. The van der Waals surface area contributed by atoms with Crippen LogP contribution in [0.3, 0.4) is 0 Å². The summed E-state index contributed by atoms with van der Waals surface area (Å²) in [6.45, 7) is 4.44. The van der Waals surface area contributed by atoms with E-state index in [1.165, 1.54) is 31.4 Å². The first-order valence-corrected chi connectivity index (χ1v) is 7.31. The minimum Gasteiger partial charge on any atom is -0.382 e. The summed E-state index contributed by atoms with van der Waals surface area (Å²) in [6, 6.07) is 5.75. The molecule has 0 aliphatic heterocycles. The molecule has 1 aliphatic rings. The minimum absolute atomic E-state index is 0.375. The summed E-state index contributed by atoms with van der Waals surface area (Å²) in [6.07, 6.45) is 0.499. The molecule has 1 fully saturated rings. The van der Waals surface area contributed by atoms with Gasteiger partial charge in [-0.2, -0.15) is 13.2 Å². The van der Waals surface area contributed by atoms with Crippen LogP contribution in [0, 0.1) is 11.8 Å². The third kappa shape index (κ3) is 3.68. The van der Waals surface area contributed by atoms with Gasteiger partial charge in [0.2, 0.25) is 0 Å². The second-order valence-electron chi connectivity index (χ2n) is 6.02. The van der Waals surface area contributed by atoms with Crippen LogP contribution in [-0.4, -0.2) is 6.04 Å². The molecule has 1 aromatic rings. The molecule has 4 heteroatoms. The maximum absolute atomic E-state index is 12.5. The third-order valence-electron chi connectivity index (χ3n) is 4.24. The predicted molar refractivity (Wildman–Crippen MR) is 75.7 cm³/mol. The second kappa shape index (κ2) is 6.06. The van der Waals surface area contributed by atoms with Crippen molar-refractivity contribution in [3.8, 4) is 0 Å². The predicted octanol–water partition coefficient (Wildman–Crippen LogP) is 5.33. The summed E-state index contributed by atoms with van der Waals surface area (Å²) < 4.78 is 37.6. The van der Waals surface area contributed by atoms with E-state index in [1.807, 2.05) is 0 Å². The van der Waals surface area contributed by atoms with Gasteiger partial charge in [0.05, 0.1) is 5.56 Å². The first kappa shape index (κ1) is 15.2. The Labute approximate surface area is 118 Å². The van der Waals surface area contributed by atoms with E-state index in [0.717, 1.165) is 24.2 Å². The fraction of sp³-hybridized carbons (Fsp3) is 0.625. The van der Waals surface area contributed by atoms with Gasteiger partial charge >= 0.3 is 6.18 Å². The third-order valence-corrected chi connectivity index (χ3v) is 4.24. The maximum Gasteiger partial charge on any atom is 0.416 e. The van der Waals surface area contributed by atoms with Crippen molar-refractivity contribution in [1.29, 1.82) is 0 Å². The van der Waals surface area contributed by atoms with Gasteiger partial charge < -0.3 is 5.32 Å². The van der Waals surface area contributed by atoms with Gasteiger partial charge in [0, 0.05) is 11.7 Å². The fourth-order valence-electron chi connectivity index (χ4n) is 3.11. The lowest BCUT2D eigenvalue weighted by molar-refractivity contribution is -0.137. The van der Waals surface area contributed by atoms with E-state index in [0.29, 0.717) is 17.9 Å². The zero-order valence-corrected chi connectivity index (χ0v) is 12.0. The van der Waals surface area contributed by atoms with Crippen LogP contribution in [0.4, 0.5) is 18.9 Å². The lowest BCUT2D eigenvalue weighted by atomic mass is 9.78. The van der Waals surface area contributed by atoms with Gasteiger partial charge in [-0.15, -0.1) is 0 Å². The van der Waals surface area contributed by atoms with Gasteiger partial charge in [0.1, 0.15) is 0 Å². The highest BCUT2D eigenvalue weighted by atomic mass is 19.4. The van der Waals surface area contributed by atoms with E-state index < -0.39 is 11.7 Å². The highest BCUT2D eigenvalue weighted by molar-refractivity contribution is 5.46. The number of nitrogens with one attached hydrogen (secondary N) is 1. The van der Waals surface area contributed by atoms with E-state index in [1.54, 1.807) is 0 Å². The van der Waals surface area contributed by atoms with Crippen LogP contribution in [0.25, 0.3) is 0 Å². The van der Waals surface area contributed by atoms with E-state index in [-0.39, 0.29) is 0 Å². The molecule has 2 rings (SSSR count). The molecule has 1 saturated carbocycles. The van der Waals surface area contributed by atoms with Gasteiger partial charge in [-0.3, -0.25) is 0 Å². The Balaban J connectivity index is 2.05. The fourth-order valence-corrected chi connectivity index (χ4v) is 3.11. The van der Waals surface area contributed by atoms with Gasteiger partial charge in [0.25, 0.3) is 0 Å². The molecule has 0 saturated heterocycles. The molecule has 0 aromatic heterocycles.